The zero-order chi connectivity index (χ0) is 23.8. The summed E-state index contributed by atoms with van der Waals surface area (Å²) in [6.45, 7) is 13.6. The van der Waals surface area contributed by atoms with E-state index in [0.717, 1.165) is 56.1 Å². The van der Waals surface area contributed by atoms with Crippen LogP contribution in [0.1, 0.15) is 62.6 Å². The molecular formula is C27H38FN3O2. The van der Waals surface area contributed by atoms with Crippen LogP contribution in [0.5, 0.6) is 0 Å². The highest BCUT2D eigenvalue weighted by Gasteiger charge is 2.21. The molecule has 0 unspecified atom stereocenters. The minimum Gasteiger partial charge on any atom is -0.379 e. The van der Waals surface area contributed by atoms with Gasteiger partial charge in [0.2, 0.25) is 0 Å². The van der Waals surface area contributed by atoms with Gasteiger partial charge in [-0.15, -0.1) is 0 Å². The smallest absolute Gasteiger partial charge is 0.322 e. The first-order valence-corrected chi connectivity index (χ1v) is 12.1. The number of nitrogens with zero attached hydrogens (tertiary/aromatic N) is 2. The van der Waals surface area contributed by atoms with Gasteiger partial charge in [0.1, 0.15) is 5.82 Å². The summed E-state index contributed by atoms with van der Waals surface area (Å²) in [7, 11) is 0. The number of hydrogen-bond donors (Lipinski definition) is 1. The first kappa shape index (κ1) is 25.2. The Balaban J connectivity index is 1.79. The number of hydrogen-bond acceptors (Lipinski definition) is 3. The monoisotopic (exact) mass is 455 g/mol. The Morgan fingerprint density at radius 3 is 2.27 bits per heavy atom. The molecule has 0 aliphatic carbocycles. The molecule has 3 rings (SSSR count). The molecule has 0 bridgehead atoms. The van der Waals surface area contributed by atoms with Gasteiger partial charge in [0.25, 0.3) is 0 Å². The molecule has 1 N–H and O–H groups in total. The fourth-order valence-electron chi connectivity index (χ4n) is 4.28. The molecular weight excluding hydrogens is 417 g/mol. The fraction of sp³-hybridized carbons (Fsp3) is 0.519. The van der Waals surface area contributed by atoms with Gasteiger partial charge in [-0.1, -0.05) is 64.1 Å². The number of anilines is 1. The van der Waals surface area contributed by atoms with Crippen LogP contribution in [-0.2, 0) is 11.3 Å². The lowest BCUT2D eigenvalue weighted by molar-refractivity contribution is 0.0365. The predicted octanol–water partition coefficient (Wildman–Crippen LogP) is 5.83. The second-order valence-electron chi connectivity index (χ2n) is 9.37. The van der Waals surface area contributed by atoms with E-state index in [4.69, 9.17) is 4.74 Å². The van der Waals surface area contributed by atoms with Gasteiger partial charge in [-0.25, -0.2) is 9.18 Å². The number of carbonyl (C=O) groups excluding carboxylic acids is 1. The van der Waals surface area contributed by atoms with E-state index in [9.17, 15) is 9.18 Å². The number of carbonyl (C=O) groups is 1. The zero-order valence-electron chi connectivity index (χ0n) is 20.4. The van der Waals surface area contributed by atoms with E-state index in [0.29, 0.717) is 12.1 Å². The van der Waals surface area contributed by atoms with E-state index in [-0.39, 0.29) is 30.2 Å². The molecule has 2 amide bonds. The molecule has 2 aromatic rings. The lowest BCUT2D eigenvalue weighted by Gasteiger charge is -2.29. The number of rotatable bonds is 9. The second kappa shape index (κ2) is 12.1. The number of benzene rings is 2. The van der Waals surface area contributed by atoms with Gasteiger partial charge in [-0.2, -0.15) is 0 Å². The van der Waals surface area contributed by atoms with Crippen molar-refractivity contribution in [1.82, 2.24) is 9.80 Å². The normalized spacial score (nSPS) is 14.6. The Labute approximate surface area is 197 Å². The highest BCUT2D eigenvalue weighted by atomic mass is 19.1. The van der Waals surface area contributed by atoms with Gasteiger partial charge in [-0.3, -0.25) is 4.90 Å². The Bertz CT molecular complexity index is 884. The molecule has 0 spiro atoms. The topological polar surface area (TPSA) is 44.8 Å². The van der Waals surface area contributed by atoms with Crippen molar-refractivity contribution in [3.63, 3.8) is 0 Å². The highest BCUT2D eigenvalue weighted by Crippen LogP contribution is 2.32. The summed E-state index contributed by atoms with van der Waals surface area (Å²) in [6.07, 6.45) is 0.824. The van der Waals surface area contributed by atoms with E-state index >= 15 is 0 Å². The van der Waals surface area contributed by atoms with Crippen molar-refractivity contribution in [3.8, 4) is 0 Å². The van der Waals surface area contributed by atoms with Gasteiger partial charge in [0.15, 0.2) is 0 Å². The van der Waals surface area contributed by atoms with Crippen LogP contribution >= 0.6 is 0 Å². The van der Waals surface area contributed by atoms with Gasteiger partial charge in [0.05, 0.1) is 19.8 Å². The van der Waals surface area contributed by atoms with E-state index in [1.54, 1.807) is 17.0 Å². The SMILES string of the molecule is CC(C)c1cccc(C(C)C)c1NC(=O)N(CCCN1CCOCC1)Cc1ccccc1F. The maximum atomic E-state index is 14.4. The van der Waals surface area contributed by atoms with Gasteiger partial charge in [0, 0.05) is 37.4 Å². The van der Waals surface area contributed by atoms with Gasteiger partial charge < -0.3 is 15.0 Å². The van der Waals surface area contributed by atoms with Crippen molar-refractivity contribution in [2.75, 3.05) is 44.7 Å². The fourth-order valence-corrected chi connectivity index (χ4v) is 4.28. The summed E-state index contributed by atoms with van der Waals surface area (Å²) in [6, 6.07) is 12.7. The van der Waals surface area contributed by atoms with Crippen LogP contribution in [0.25, 0.3) is 0 Å². The molecule has 0 aromatic heterocycles. The average Bonchev–Trinajstić information content (AvgIpc) is 2.80. The molecule has 1 heterocycles. The number of morpholine rings is 1. The largest absolute Gasteiger partial charge is 0.379 e. The summed E-state index contributed by atoms with van der Waals surface area (Å²) >= 11 is 0. The molecule has 2 aromatic carbocycles. The van der Waals surface area contributed by atoms with Gasteiger partial charge in [-0.05, 0) is 35.4 Å². The Kier molecular flexibility index (Phi) is 9.27. The van der Waals surface area contributed by atoms with Crippen LogP contribution in [0.3, 0.4) is 0 Å². The van der Waals surface area contributed by atoms with Crippen LogP contribution in [0.4, 0.5) is 14.9 Å². The molecule has 1 aliphatic heterocycles. The molecule has 180 valence electrons. The number of amides is 2. The predicted molar refractivity (Wildman–Crippen MR) is 132 cm³/mol. The molecule has 0 saturated carbocycles. The van der Waals surface area contributed by atoms with Crippen molar-refractivity contribution in [1.29, 1.82) is 0 Å². The van der Waals surface area contributed by atoms with Crippen molar-refractivity contribution < 1.29 is 13.9 Å². The summed E-state index contributed by atoms with van der Waals surface area (Å²) in [5.74, 6) is 0.273. The summed E-state index contributed by atoms with van der Waals surface area (Å²) < 4.78 is 19.8. The van der Waals surface area contributed by atoms with Crippen LogP contribution in [0, 0.1) is 5.82 Å². The lowest BCUT2D eigenvalue weighted by Crippen LogP contribution is -2.40. The number of halogens is 1. The maximum absolute atomic E-state index is 14.4. The van der Waals surface area contributed by atoms with Crippen LogP contribution in [0.2, 0.25) is 0 Å². The number of urea groups is 1. The van der Waals surface area contributed by atoms with Crippen molar-refractivity contribution in [3.05, 3.63) is 65.0 Å². The molecule has 5 nitrogen and oxygen atoms in total. The number of para-hydroxylation sites is 1. The Hall–Kier alpha value is -2.44. The van der Waals surface area contributed by atoms with Crippen LogP contribution in [-0.4, -0.2) is 55.2 Å². The van der Waals surface area contributed by atoms with E-state index in [1.807, 2.05) is 6.07 Å². The number of nitrogens with one attached hydrogen (secondary N) is 1. The standard InChI is InChI=1S/C27H38FN3O2/c1-20(2)23-10-7-11-24(21(3)4)26(23)29-27(32)31(19-22-9-5-6-12-25(22)28)14-8-13-30-15-17-33-18-16-30/h5-7,9-12,20-21H,8,13-19H2,1-4H3,(H,29,32). The Morgan fingerprint density at radius 1 is 1.03 bits per heavy atom. The first-order chi connectivity index (χ1) is 15.9. The highest BCUT2D eigenvalue weighted by molar-refractivity contribution is 5.91. The number of ether oxygens (including phenoxy) is 1. The molecule has 33 heavy (non-hydrogen) atoms. The first-order valence-electron chi connectivity index (χ1n) is 12.1. The van der Waals surface area contributed by atoms with Gasteiger partial charge >= 0.3 is 6.03 Å². The third-order valence-corrected chi connectivity index (χ3v) is 6.22. The molecule has 0 atom stereocenters. The van der Waals surface area contributed by atoms with E-state index < -0.39 is 0 Å². The van der Waals surface area contributed by atoms with Crippen LogP contribution < -0.4 is 5.32 Å². The van der Waals surface area contributed by atoms with Crippen LogP contribution in [0.15, 0.2) is 42.5 Å². The van der Waals surface area contributed by atoms with Crippen molar-refractivity contribution >= 4 is 11.7 Å². The summed E-state index contributed by atoms with van der Waals surface area (Å²) in [4.78, 5) is 17.6. The van der Waals surface area contributed by atoms with E-state index in [2.05, 4.69) is 56.1 Å². The minimum atomic E-state index is -0.283. The quantitative estimate of drug-likeness (QED) is 0.517. The molecule has 1 aliphatic rings. The molecule has 6 heteroatoms. The molecule has 0 radical (unpaired) electrons. The maximum Gasteiger partial charge on any atom is 0.322 e. The zero-order valence-corrected chi connectivity index (χ0v) is 20.4. The summed E-state index contributed by atoms with van der Waals surface area (Å²) in [5, 5.41) is 3.20. The molecule has 1 fully saturated rings. The molecule has 1 saturated heterocycles. The van der Waals surface area contributed by atoms with E-state index in [1.165, 1.54) is 6.07 Å². The average molecular weight is 456 g/mol. The summed E-state index contributed by atoms with van der Waals surface area (Å²) in [5.41, 5.74) is 3.65. The third kappa shape index (κ3) is 7.02. The second-order valence-corrected chi connectivity index (χ2v) is 9.37. The van der Waals surface area contributed by atoms with Crippen molar-refractivity contribution in [2.24, 2.45) is 0 Å². The lowest BCUT2D eigenvalue weighted by atomic mass is 9.93. The Morgan fingerprint density at radius 2 is 1.67 bits per heavy atom. The van der Waals surface area contributed by atoms with Crippen molar-refractivity contribution in [2.45, 2.75) is 52.5 Å². The minimum absolute atomic E-state index is 0.185. The third-order valence-electron chi connectivity index (χ3n) is 6.22.